The van der Waals surface area contributed by atoms with Gasteiger partial charge < -0.3 is 19.7 Å². The minimum Gasteiger partial charge on any atom is -0.497 e. The summed E-state index contributed by atoms with van der Waals surface area (Å²) < 4.78 is 11.7. The van der Waals surface area contributed by atoms with Crippen molar-refractivity contribution in [3.63, 3.8) is 0 Å². The first-order valence-electron chi connectivity index (χ1n) is 8.17. The molecule has 0 unspecified atom stereocenters. The third-order valence-electron chi connectivity index (χ3n) is 3.84. The lowest BCUT2D eigenvalue weighted by molar-refractivity contribution is -0.121. The summed E-state index contributed by atoms with van der Waals surface area (Å²) in [6, 6.07) is 7.67. The maximum Gasteiger partial charge on any atom is 0.261 e. The zero-order chi connectivity index (χ0) is 19.1. The normalized spacial score (nSPS) is 10.3. The van der Waals surface area contributed by atoms with Gasteiger partial charge in [0.25, 0.3) is 5.91 Å². The summed E-state index contributed by atoms with van der Waals surface area (Å²) in [4.78, 5) is 25.8. The average Bonchev–Trinajstić information content (AvgIpc) is 3.02. The van der Waals surface area contributed by atoms with Gasteiger partial charge in [0.1, 0.15) is 11.3 Å². The van der Waals surface area contributed by atoms with Crippen molar-refractivity contribution < 1.29 is 19.1 Å². The van der Waals surface area contributed by atoms with Crippen LogP contribution in [0.4, 0.5) is 0 Å². The number of aryl methyl sites for hydroxylation is 1. The van der Waals surface area contributed by atoms with Gasteiger partial charge in [-0.1, -0.05) is 12.1 Å². The summed E-state index contributed by atoms with van der Waals surface area (Å²) >= 11 is 0. The standard InChI is InChI=1S/C18H24N4O4/c1-21(18(24)15-11-22(2)20-17(15)26-4)12-16(23)19-10-9-13-5-7-14(25-3)8-6-13/h5-8,11H,9-10,12H2,1-4H3,(H,19,23). The molecule has 0 bridgehead atoms. The average molecular weight is 360 g/mol. The number of aromatic nitrogens is 2. The molecule has 0 aliphatic heterocycles. The third kappa shape index (κ3) is 4.98. The molecule has 0 spiro atoms. The van der Waals surface area contributed by atoms with E-state index in [1.807, 2.05) is 24.3 Å². The Bertz CT molecular complexity index is 755. The Morgan fingerprint density at radius 2 is 1.88 bits per heavy atom. The quantitative estimate of drug-likeness (QED) is 0.755. The van der Waals surface area contributed by atoms with Gasteiger partial charge in [0.05, 0.1) is 20.8 Å². The summed E-state index contributed by atoms with van der Waals surface area (Å²) in [6.45, 7) is 0.447. The molecule has 1 aromatic carbocycles. The van der Waals surface area contributed by atoms with Crippen LogP contribution in [-0.4, -0.2) is 60.9 Å². The minimum absolute atomic E-state index is 0.0422. The maximum absolute atomic E-state index is 12.4. The molecule has 140 valence electrons. The Labute approximate surface area is 152 Å². The van der Waals surface area contributed by atoms with Crippen molar-refractivity contribution in [3.8, 4) is 11.6 Å². The van der Waals surface area contributed by atoms with E-state index in [0.29, 0.717) is 18.5 Å². The van der Waals surface area contributed by atoms with Crippen molar-refractivity contribution in [2.75, 3.05) is 34.4 Å². The van der Waals surface area contributed by atoms with E-state index in [4.69, 9.17) is 9.47 Å². The van der Waals surface area contributed by atoms with Gasteiger partial charge in [0, 0.05) is 26.8 Å². The van der Waals surface area contributed by atoms with Crippen LogP contribution in [0.1, 0.15) is 15.9 Å². The van der Waals surface area contributed by atoms with Crippen molar-refractivity contribution >= 4 is 11.8 Å². The summed E-state index contributed by atoms with van der Waals surface area (Å²) in [5.74, 6) is 0.491. The molecule has 0 aliphatic carbocycles. The number of hydrogen-bond acceptors (Lipinski definition) is 5. The van der Waals surface area contributed by atoms with Crippen LogP contribution in [0.25, 0.3) is 0 Å². The lowest BCUT2D eigenvalue weighted by Gasteiger charge is -2.16. The fourth-order valence-electron chi connectivity index (χ4n) is 2.45. The highest BCUT2D eigenvalue weighted by Crippen LogP contribution is 2.16. The van der Waals surface area contributed by atoms with Crippen molar-refractivity contribution in [1.29, 1.82) is 0 Å². The predicted octanol–water partition coefficient (Wildman–Crippen LogP) is 0.868. The molecule has 2 amide bonds. The molecule has 1 N–H and O–H groups in total. The smallest absolute Gasteiger partial charge is 0.261 e. The number of methoxy groups -OCH3 is 2. The van der Waals surface area contributed by atoms with E-state index in [0.717, 1.165) is 11.3 Å². The SMILES string of the molecule is COc1ccc(CCNC(=O)CN(C)C(=O)c2cn(C)nc2OC)cc1. The number of carbonyl (C=O) groups is 2. The molecule has 0 saturated heterocycles. The molecule has 1 aromatic heterocycles. The molecule has 8 heteroatoms. The van der Waals surface area contributed by atoms with Crippen LogP contribution in [0.15, 0.2) is 30.5 Å². The Kier molecular flexibility index (Phi) is 6.60. The maximum atomic E-state index is 12.4. The lowest BCUT2D eigenvalue weighted by Crippen LogP contribution is -2.39. The highest BCUT2D eigenvalue weighted by atomic mass is 16.5. The zero-order valence-corrected chi connectivity index (χ0v) is 15.5. The van der Waals surface area contributed by atoms with E-state index >= 15 is 0 Å². The summed E-state index contributed by atoms with van der Waals surface area (Å²) in [5, 5.41) is 6.86. The van der Waals surface area contributed by atoms with Crippen molar-refractivity contribution in [1.82, 2.24) is 20.0 Å². The van der Waals surface area contributed by atoms with Gasteiger partial charge in [-0.15, -0.1) is 5.10 Å². The molecular weight excluding hydrogens is 336 g/mol. The van der Waals surface area contributed by atoms with Crippen LogP contribution in [0.5, 0.6) is 11.6 Å². The molecular formula is C18H24N4O4. The molecule has 1 heterocycles. The molecule has 0 atom stereocenters. The van der Waals surface area contributed by atoms with E-state index in [1.54, 1.807) is 27.4 Å². The van der Waals surface area contributed by atoms with Gasteiger partial charge in [0.2, 0.25) is 11.8 Å². The molecule has 2 aromatic rings. The second-order valence-electron chi connectivity index (χ2n) is 5.83. The number of nitrogens with zero attached hydrogens (tertiary/aromatic N) is 3. The minimum atomic E-state index is -0.319. The van der Waals surface area contributed by atoms with Gasteiger partial charge in [-0.25, -0.2) is 0 Å². The number of nitrogens with one attached hydrogen (secondary N) is 1. The third-order valence-corrected chi connectivity index (χ3v) is 3.84. The number of rotatable bonds is 8. The highest BCUT2D eigenvalue weighted by Gasteiger charge is 2.21. The first-order valence-corrected chi connectivity index (χ1v) is 8.17. The second-order valence-corrected chi connectivity index (χ2v) is 5.83. The van der Waals surface area contributed by atoms with Crippen LogP contribution in [0.3, 0.4) is 0 Å². The molecule has 0 fully saturated rings. The Hall–Kier alpha value is -3.03. The second kappa shape index (κ2) is 8.89. The Balaban J connectivity index is 1.81. The number of benzene rings is 1. The number of amides is 2. The van der Waals surface area contributed by atoms with Crippen molar-refractivity contribution in [2.24, 2.45) is 7.05 Å². The summed E-state index contributed by atoms with van der Waals surface area (Å²) in [5.41, 5.74) is 1.42. The van der Waals surface area contributed by atoms with E-state index in [1.165, 1.54) is 16.7 Å². The van der Waals surface area contributed by atoms with Crippen molar-refractivity contribution in [3.05, 3.63) is 41.6 Å². The fourth-order valence-corrected chi connectivity index (χ4v) is 2.45. The van der Waals surface area contributed by atoms with Gasteiger partial charge in [-0.2, -0.15) is 0 Å². The number of ether oxygens (including phenoxy) is 2. The van der Waals surface area contributed by atoms with Crippen LogP contribution in [0.2, 0.25) is 0 Å². The Morgan fingerprint density at radius 3 is 2.50 bits per heavy atom. The first-order chi connectivity index (χ1) is 12.4. The van der Waals surface area contributed by atoms with Crippen LogP contribution < -0.4 is 14.8 Å². The lowest BCUT2D eigenvalue weighted by atomic mass is 10.1. The van der Waals surface area contributed by atoms with Gasteiger partial charge in [-0.05, 0) is 24.1 Å². The summed E-state index contributed by atoms with van der Waals surface area (Å²) in [7, 11) is 6.34. The van der Waals surface area contributed by atoms with Crippen molar-refractivity contribution in [2.45, 2.75) is 6.42 Å². The van der Waals surface area contributed by atoms with Gasteiger partial charge in [-0.3, -0.25) is 14.3 Å². The fraction of sp³-hybridized carbons (Fsp3) is 0.389. The molecule has 0 radical (unpaired) electrons. The molecule has 0 aliphatic rings. The predicted molar refractivity (Wildman–Crippen MR) is 96.4 cm³/mol. The Morgan fingerprint density at radius 1 is 1.19 bits per heavy atom. The molecule has 2 rings (SSSR count). The van der Waals surface area contributed by atoms with Gasteiger partial charge in [0.15, 0.2) is 0 Å². The van der Waals surface area contributed by atoms with Crippen LogP contribution in [-0.2, 0) is 18.3 Å². The van der Waals surface area contributed by atoms with Crippen LogP contribution in [0, 0.1) is 0 Å². The number of hydrogen-bond donors (Lipinski definition) is 1. The monoisotopic (exact) mass is 360 g/mol. The summed E-state index contributed by atoms with van der Waals surface area (Å²) in [6.07, 6.45) is 2.27. The highest BCUT2D eigenvalue weighted by molar-refractivity contribution is 5.98. The zero-order valence-electron chi connectivity index (χ0n) is 15.5. The molecule has 0 saturated carbocycles. The molecule has 26 heavy (non-hydrogen) atoms. The van der Waals surface area contributed by atoms with Crippen LogP contribution >= 0.6 is 0 Å². The van der Waals surface area contributed by atoms with E-state index < -0.39 is 0 Å². The van der Waals surface area contributed by atoms with E-state index in [-0.39, 0.29) is 24.2 Å². The molecule has 8 nitrogen and oxygen atoms in total. The number of carbonyl (C=O) groups excluding carboxylic acids is 2. The van der Waals surface area contributed by atoms with Gasteiger partial charge >= 0.3 is 0 Å². The van der Waals surface area contributed by atoms with E-state index in [2.05, 4.69) is 10.4 Å². The topological polar surface area (TPSA) is 85.7 Å². The first kappa shape index (κ1) is 19.3. The largest absolute Gasteiger partial charge is 0.497 e. The van der Waals surface area contributed by atoms with E-state index in [9.17, 15) is 9.59 Å². The number of likely N-dealkylation sites (N-methyl/N-ethyl adjacent to an activating group) is 1.